The molecule has 2 aliphatic rings. The summed E-state index contributed by atoms with van der Waals surface area (Å²) in [6, 6.07) is 3.33. The Balaban J connectivity index is 1.50. The lowest BCUT2D eigenvalue weighted by atomic mass is 9.90. The van der Waals surface area contributed by atoms with Gasteiger partial charge in [0.05, 0.1) is 28.7 Å². The fraction of sp³-hybridized carbons (Fsp3) is 0.545. The Bertz CT molecular complexity index is 1270. The van der Waals surface area contributed by atoms with Crippen molar-refractivity contribution in [3.63, 3.8) is 0 Å². The Labute approximate surface area is 182 Å². The zero-order valence-electron chi connectivity index (χ0n) is 18.4. The number of aromatic nitrogens is 4. The van der Waals surface area contributed by atoms with Gasteiger partial charge in [-0.1, -0.05) is 20.8 Å². The number of fused-ring (bicyclic) bond motifs is 2. The molecule has 2 atom stereocenters. The average Bonchev–Trinajstić information content (AvgIpc) is 3.11. The zero-order chi connectivity index (χ0) is 23.1. The highest BCUT2D eigenvalue weighted by Gasteiger charge is 2.83. The van der Waals surface area contributed by atoms with E-state index in [-0.39, 0.29) is 42.2 Å². The molecule has 8 nitrogen and oxygen atoms in total. The first kappa shape index (κ1) is 20.8. The number of halogens is 2. The predicted octanol–water partition coefficient (Wildman–Crippen LogP) is 2.82. The highest BCUT2D eigenvalue weighted by molar-refractivity contribution is 5.89. The van der Waals surface area contributed by atoms with Crippen LogP contribution in [0.2, 0.25) is 0 Å². The van der Waals surface area contributed by atoms with Gasteiger partial charge in [-0.2, -0.15) is 0 Å². The number of aryl methyl sites for hydroxylation is 1. The van der Waals surface area contributed by atoms with Crippen molar-refractivity contribution in [3.8, 4) is 0 Å². The van der Waals surface area contributed by atoms with Crippen LogP contribution in [0.4, 0.5) is 8.78 Å². The number of nitrogens with zero attached hydrogens (tertiary/aromatic N) is 5. The maximum Gasteiger partial charge on any atom is 0.330 e. The summed E-state index contributed by atoms with van der Waals surface area (Å²) in [6.45, 7) is 6.63. The molecule has 0 aromatic carbocycles. The van der Waals surface area contributed by atoms with Gasteiger partial charge in [-0.05, 0) is 24.0 Å². The number of hydrogen-bond donors (Lipinski definition) is 0. The van der Waals surface area contributed by atoms with E-state index in [1.165, 1.54) is 21.9 Å². The number of hydrogen-bond acceptors (Lipinski definition) is 5. The van der Waals surface area contributed by atoms with Crippen LogP contribution in [-0.2, 0) is 19.0 Å². The average molecular weight is 445 g/mol. The number of oxazole rings is 1. The molecule has 0 radical (unpaired) electrons. The molecule has 2 unspecified atom stereocenters. The number of carbonyl (C=O) groups is 1. The van der Waals surface area contributed by atoms with Crippen molar-refractivity contribution < 1.29 is 18.0 Å². The maximum absolute atomic E-state index is 15.1. The summed E-state index contributed by atoms with van der Waals surface area (Å²) in [5, 5.41) is 0. The molecule has 2 fully saturated rings. The van der Waals surface area contributed by atoms with Crippen LogP contribution in [0.3, 0.4) is 0 Å². The minimum atomic E-state index is -2.99. The van der Waals surface area contributed by atoms with E-state index in [1.54, 1.807) is 23.7 Å². The quantitative estimate of drug-likeness (QED) is 0.619. The van der Waals surface area contributed by atoms with Crippen LogP contribution in [0.15, 0.2) is 33.8 Å². The van der Waals surface area contributed by atoms with Crippen LogP contribution >= 0.6 is 0 Å². The van der Waals surface area contributed by atoms with E-state index in [0.717, 1.165) is 0 Å². The minimum absolute atomic E-state index is 0.0757. The van der Waals surface area contributed by atoms with E-state index >= 15 is 8.78 Å². The van der Waals surface area contributed by atoms with E-state index in [2.05, 4.69) is 9.97 Å². The van der Waals surface area contributed by atoms with Crippen molar-refractivity contribution in [1.29, 1.82) is 0 Å². The molecule has 0 spiro atoms. The molecule has 0 bridgehead atoms. The predicted molar refractivity (Wildman–Crippen MR) is 112 cm³/mol. The summed E-state index contributed by atoms with van der Waals surface area (Å²) in [6.07, 6.45) is 2.71. The molecule has 1 saturated carbocycles. The molecule has 1 saturated heterocycles. The highest BCUT2D eigenvalue weighted by Crippen LogP contribution is 2.69. The Morgan fingerprint density at radius 2 is 2.06 bits per heavy atom. The van der Waals surface area contributed by atoms with Crippen molar-refractivity contribution >= 4 is 17.1 Å². The van der Waals surface area contributed by atoms with Crippen molar-refractivity contribution in [2.24, 2.45) is 18.4 Å². The first-order chi connectivity index (χ1) is 15.0. The highest BCUT2D eigenvalue weighted by atomic mass is 19.3. The van der Waals surface area contributed by atoms with Gasteiger partial charge in [-0.3, -0.25) is 13.9 Å². The van der Waals surface area contributed by atoms with Gasteiger partial charge in [-0.15, -0.1) is 0 Å². The monoisotopic (exact) mass is 445 g/mol. The molecule has 32 heavy (non-hydrogen) atoms. The van der Waals surface area contributed by atoms with Crippen molar-refractivity contribution in [1.82, 2.24) is 24.0 Å². The smallest absolute Gasteiger partial charge is 0.330 e. The fourth-order valence-electron chi connectivity index (χ4n) is 5.04. The number of likely N-dealkylation sites (tertiary alicyclic amines) is 1. The van der Waals surface area contributed by atoms with Gasteiger partial charge in [0.2, 0.25) is 0 Å². The number of carbonyl (C=O) groups excluding carboxylic acids is 1. The van der Waals surface area contributed by atoms with Crippen molar-refractivity contribution in [2.75, 3.05) is 13.1 Å². The summed E-state index contributed by atoms with van der Waals surface area (Å²) < 4.78 is 38.4. The second kappa shape index (κ2) is 6.49. The molecule has 5 rings (SSSR count). The van der Waals surface area contributed by atoms with E-state index in [4.69, 9.17) is 4.42 Å². The summed E-state index contributed by atoms with van der Waals surface area (Å²) in [4.78, 5) is 35.1. The van der Waals surface area contributed by atoms with Gasteiger partial charge in [0, 0.05) is 26.7 Å². The Morgan fingerprint density at radius 3 is 2.69 bits per heavy atom. The van der Waals surface area contributed by atoms with Crippen LogP contribution in [0.5, 0.6) is 0 Å². The molecule has 1 aliphatic heterocycles. The van der Waals surface area contributed by atoms with Crippen molar-refractivity contribution in [3.05, 3.63) is 46.7 Å². The molecule has 3 aromatic heterocycles. The number of piperidine rings is 1. The van der Waals surface area contributed by atoms with Crippen LogP contribution in [0, 0.1) is 11.3 Å². The summed E-state index contributed by atoms with van der Waals surface area (Å²) in [5.74, 6) is -4.62. The number of imidazole rings is 1. The first-order valence-corrected chi connectivity index (χ1v) is 10.6. The van der Waals surface area contributed by atoms with Gasteiger partial charge in [0.1, 0.15) is 6.26 Å². The van der Waals surface area contributed by atoms with Gasteiger partial charge < -0.3 is 9.32 Å². The van der Waals surface area contributed by atoms with Gasteiger partial charge in [0.25, 0.3) is 11.8 Å². The number of alkyl halides is 2. The van der Waals surface area contributed by atoms with Crippen molar-refractivity contribution in [2.45, 2.75) is 45.1 Å². The van der Waals surface area contributed by atoms with Crippen LogP contribution in [0.25, 0.3) is 11.2 Å². The van der Waals surface area contributed by atoms with E-state index < -0.39 is 23.2 Å². The lowest BCUT2D eigenvalue weighted by Gasteiger charge is -2.29. The third kappa shape index (κ3) is 2.77. The lowest BCUT2D eigenvalue weighted by molar-refractivity contribution is 0.0653. The van der Waals surface area contributed by atoms with E-state index in [0.29, 0.717) is 17.7 Å². The summed E-state index contributed by atoms with van der Waals surface area (Å²) >= 11 is 0. The molecule has 170 valence electrons. The normalized spacial score (nSPS) is 24.6. The lowest BCUT2D eigenvalue weighted by Crippen LogP contribution is -2.40. The standard InChI is InChI=1S/C22H25F2N5O3/c1-20(2,3)12-29-13-5-6-15(26-16(13)27(4)19(29)31)21-7-9-28(11-14(21)22(21,23)24)18(30)17-25-8-10-32-17/h5-6,8,10,14H,7,9,11-12H2,1-4H3. The molecule has 1 aliphatic carbocycles. The maximum atomic E-state index is 15.1. The van der Waals surface area contributed by atoms with Crippen LogP contribution in [0.1, 0.15) is 43.6 Å². The first-order valence-electron chi connectivity index (χ1n) is 10.6. The zero-order valence-corrected chi connectivity index (χ0v) is 18.4. The van der Waals surface area contributed by atoms with Crippen LogP contribution in [-0.4, -0.2) is 48.9 Å². The minimum Gasteiger partial charge on any atom is -0.441 e. The molecule has 10 heteroatoms. The molecule has 4 heterocycles. The number of pyridine rings is 1. The van der Waals surface area contributed by atoms with E-state index in [9.17, 15) is 9.59 Å². The largest absolute Gasteiger partial charge is 0.441 e. The molecule has 0 N–H and O–H groups in total. The third-order valence-electron chi connectivity index (χ3n) is 6.70. The van der Waals surface area contributed by atoms with E-state index in [1.807, 2.05) is 20.8 Å². The number of amides is 1. The summed E-state index contributed by atoms with van der Waals surface area (Å²) in [5.41, 5.74) is -0.493. The molecule has 1 amide bonds. The third-order valence-corrected chi connectivity index (χ3v) is 6.70. The van der Waals surface area contributed by atoms with Gasteiger partial charge in [0.15, 0.2) is 5.65 Å². The second-order valence-electron chi connectivity index (χ2n) is 10.0. The Morgan fingerprint density at radius 1 is 1.31 bits per heavy atom. The van der Waals surface area contributed by atoms with Crippen LogP contribution < -0.4 is 5.69 Å². The van der Waals surface area contributed by atoms with Gasteiger partial charge >= 0.3 is 11.6 Å². The van der Waals surface area contributed by atoms with Gasteiger partial charge in [-0.25, -0.2) is 23.5 Å². The Kier molecular flexibility index (Phi) is 4.23. The summed E-state index contributed by atoms with van der Waals surface area (Å²) in [7, 11) is 1.61. The molecule has 3 aromatic rings. The Hall–Kier alpha value is -3.04. The second-order valence-corrected chi connectivity index (χ2v) is 10.0. The molecular weight excluding hydrogens is 420 g/mol. The molecular formula is C22H25F2N5O3. The topological polar surface area (TPSA) is 86.2 Å². The SMILES string of the molecule is Cn1c(=O)n(CC(C)(C)C)c2ccc(C34CCN(C(=O)c5ncco5)CC3C4(F)F)nc21. The number of rotatable bonds is 3. The fourth-order valence-corrected chi connectivity index (χ4v) is 5.04.